The maximum Gasteiger partial charge on any atom is 0.262 e. The highest BCUT2D eigenvalue weighted by molar-refractivity contribution is 6.23. The topological polar surface area (TPSA) is 166 Å². The molecule has 4 aliphatic rings. The first kappa shape index (κ1) is 35.7. The summed E-state index contributed by atoms with van der Waals surface area (Å²) in [4.78, 5) is 62.8. The van der Waals surface area contributed by atoms with Crippen molar-refractivity contribution in [3.8, 4) is 22.8 Å². The van der Waals surface area contributed by atoms with E-state index >= 15 is 4.39 Å². The van der Waals surface area contributed by atoms with Crippen molar-refractivity contribution in [2.75, 3.05) is 25.4 Å². The average molecular weight is 757 g/mol. The van der Waals surface area contributed by atoms with Crippen LogP contribution in [0.15, 0.2) is 73.1 Å². The summed E-state index contributed by atoms with van der Waals surface area (Å²) in [7, 11) is 0. The van der Waals surface area contributed by atoms with Crippen LogP contribution in [0.1, 0.15) is 89.6 Å². The number of fused-ring (bicyclic) bond motifs is 2. The number of nitrogens with two attached hydrogens (primary N) is 1. The van der Waals surface area contributed by atoms with Crippen LogP contribution in [0.3, 0.4) is 0 Å². The molecule has 14 heteroatoms. The quantitative estimate of drug-likeness (QED) is 0.179. The van der Waals surface area contributed by atoms with E-state index in [9.17, 15) is 19.2 Å². The minimum Gasteiger partial charge on any atom is -0.457 e. The van der Waals surface area contributed by atoms with Crippen LogP contribution >= 0.6 is 0 Å². The number of para-hydroxylation sites is 1. The Hall–Kier alpha value is -6.02. The summed E-state index contributed by atoms with van der Waals surface area (Å²) in [5, 5.41) is 8.03. The smallest absolute Gasteiger partial charge is 0.262 e. The monoisotopic (exact) mass is 756 g/mol. The van der Waals surface area contributed by atoms with E-state index in [-0.39, 0.29) is 35.9 Å². The number of imide groups is 2. The minimum atomic E-state index is -1.08. The second-order valence-electron chi connectivity index (χ2n) is 15.3. The number of hydrogen-bond donors (Lipinski definition) is 2. The predicted molar refractivity (Wildman–Crippen MR) is 204 cm³/mol. The Morgan fingerprint density at radius 3 is 2.23 bits per heavy atom. The number of halogens is 1. The van der Waals surface area contributed by atoms with E-state index in [1.54, 1.807) is 0 Å². The van der Waals surface area contributed by atoms with Crippen LogP contribution in [0.5, 0.6) is 11.5 Å². The van der Waals surface area contributed by atoms with Crippen molar-refractivity contribution >= 4 is 40.5 Å². The minimum absolute atomic E-state index is 0.0271. The summed E-state index contributed by atoms with van der Waals surface area (Å²) >= 11 is 0. The van der Waals surface area contributed by atoms with Gasteiger partial charge in [0.25, 0.3) is 11.8 Å². The molecule has 1 saturated carbocycles. The second kappa shape index (κ2) is 14.6. The fraction of sp³-hybridized carbons (Fsp3) is 0.357. The third-order valence-corrected chi connectivity index (χ3v) is 11.9. The van der Waals surface area contributed by atoms with Crippen molar-refractivity contribution in [1.29, 1.82) is 0 Å². The number of piperidine rings is 2. The number of nitrogen functional groups attached to an aromatic ring is 1. The molecule has 3 aromatic carbocycles. The van der Waals surface area contributed by atoms with Crippen molar-refractivity contribution in [1.82, 2.24) is 34.9 Å². The zero-order chi connectivity index (χ0) is 38.5. The number of nitrogens with one attached hydrogen (secondary N) is 1. The van der Waals surface area contributed by atoms with Crippen molar-refractivity contribution < 1.29 is 28.3 Å². The predicted octanol–water partition coefficient (Wildman–Crippen LogP) is 6.02. The van der Waals surface area contributed by atoms with E-state index in [0.717, 1.165) is 103 Å². The molecule has 5 aromatic rings. The molecule has 286 valence electrons. The largest absolute Gasteiger partial charge is 0.457 e. The van der Waals surface area contributed by atoms with Crippen LogP contribution in [0.25, 0.3) is 22.3 Å². The lowest BCUT2D eigenvalue weighted by Gasteiger charge is -2.37. The SMILES string of the molecule is Nc1ncnc2c1c(-c1ccc(Oc3ccccc3)cc1)nn2C1CCC(CN2CCC(c3cc4c(cc3F)C(=O)N(C3CCC(=O)NC3=O)C4=O)CC2)CC1. The third kappa shape index (κ3) is 6.57. The van der Waals surface area contributed by atoms with Crippen LogP contribution < -0.4 is 15.8 Å². The highest BCUT2D eigenvalue weighted by atomic mass is 19.1. The average Bonchev–Trinajstić information content (AvgIpc) is 3.71. The van der Waals surface area contributed by atoms with Crippen molar-refractivity contribution in [3.63, 3.8) is 0 Å². The first-order valence-electron chi connectivity index (χ1n) is 19.3. The second-order valence-corrected chi connectivity index (χ2v) is 15.3. The molecule has 13 nitrogen and oxygen atoms in total. The maximum absolute atomic E-state index is 15.5. The molecular formula is C42H41FN8O5. The van der Waals surface area contributed by atoms with Gasteiger partial charge in [-0.2, -0.15) is 5.10 Å². The first-order valence-corrected chi connectivity index (χ1v) is 19.3. The number of hydrogen-bond acceptors (Lipinski definition) is 10. The van der Waals surface area contributed by atoms with Gasteiger partial charge >= 0.3 is 0 Å². The van der Waals surface area contributed by atoms with E-state index < -0.39 is 35.5 Å². The molecule has 4 amide bonds. The van der Waals surface area contributed by atoms with E-state index in [1.807, 2.05) is 59.3 Å². The molecule has 3 fully saturated rings. The zero-order valence-electron chi connectivity index (χ0n) is 30.7. The number of rotatable bonds is 8. The van der Waals surface area contributed by atoms with Gasteiger partial charge in [-0.05, 0) is 124 Å². The van der Waals surface area contributed by atoms with Gasteiger partial charge in [-0.1, -0.05) is 18.2 Å². The highest BCUT2D eigenvalue weighted by Crippen LogP contribution is 2.40. The molecule has 2 aromatic heterocycles. The zero-order valence-corrected chi connectivity index (χ0v) is 30.7. The van der Waals surface area contributed by atoms with Crippen LogP contribution in [0.4, 0.5) is 10.2 Å². The van der Waals surface area contributed by atoms with Crippen LogP contribution in [-0.4, -0.2) is 78.9 Å². The molecular weight excluding hydrogens is 716 g/mol. The molecule has 0 spiro atoms. The number of nitrogens with zero attached hydrogens (tertiary/aromatic N) is 6. The molecule has 0 bridgehead atoms. The van der Waals surface area contributed by atoms with Gasteiger partial charge in [0.05, 0.1) is 22.6 Å². The molecule has 1 unspecified atom stereocenters. The van der Waals surface area contributed by atoms with Crippen LogP contribution in [0.2, 0.25) is 0 Å². The fourth-order valence-electron chi connectivity index (χ4n) is 8.94. The Kier molecular flexibility index (Phi) is 9.28. The maximum atomic E-state index is 15.5. The molecule has 0 radical (unpaired) electrons. The normalized spacial score (nSPS) is 22.1. The van der Waals surface area contributed by atoms with Gasteiger partial charge in [-0.15, -0.1) is 0 Å². The lowest BCUT2D eigenvalue weighted by atomic mass is 9.84. The number of anilines is 1. The van der Waals surface area contributed by atoms with Crippen molar-refractivity contribution in [2.45, 2.75) is 69.4 Å². The van der Waals surface area contributed by atoms with E-state index in [0.29, 0.717) is 17.3 Å². The number of carbonyl (C=O) groups is 4. The number of carbonyl (C=O) groups excluding carboxylic acids is 4. The molecule has 2 saturated heterocycles. The number of aromatic nitrogens is 4. The summed E-state index contributed by atoms with van der Waals surface area (Å²) < 4.78 is 23.6. The Morgan fingerprint density at radius 2 is 1.52 bits per heavy atom. The number of amides is 4. The van der Waals surface area contributed by atoms with Crippen LogP contribution in [0, 0.1) is 11.7 Å². The standard InChI is InChI=1S/C42H41FN8O5/c43-33-21-32-31(41(54)50(42(32)55)34-14-15-35(52)47-40(34)53)20-30(33)25-16-18-49(19-17-25)22-24-6-10-27(11-7-24)51-39-36(38(44)45-23-46-39)37(48-51)26-8-12-29(13-9-26)56-28-4-2-1-3-5-28/h1-5,8-9,12-13,20-21,23-25,27,34H,6-7,10-11,14-19,22H2,(H2,44,45,46)(H,47,52,53). The van der Waals surface area contributed by atoms with Gasteiger partial charge in [0.2, 0.25) is 11.8 Å². The molecule has 1 atom stereocenters. The fourth-order valence-corrected chi connectivity index (χ4v) is 8.94. The number of benzene rings is 3. The van der Waals surface area contributed by atoms with Gasteiger partial charge in [0, 0.05) is 18.5 Å². The molecule has 5 heterocycles. The van der Waals surface area contributed by atoms with Crippen molar-refractivity contribution in [2.24, 2.45) is 5.92 Å². The Balaban J connectivity index is 0.821. The van der Waals surface area contributed by atoms with Crippen LogP contribution in [-0.2, 0) is 9.59 Å². The summed E-state index contributed by atoms with van der Waals surface area (Å²) in [5.74, 6) is -0.658. The lowest BCUT2D eigenvalue weighted by molar-refractivity contribution is -0.136. The molecule has 9 rings (SSSR count). The first-order chi connectivity index (χ1) is 27.2. The molecule has 3 aliphatic heterocycles. The number of ether oxygens (including phenoxy) is 1. The third-order valence-electron chi connectivity index (χ3n) is 11.9. The van der Waals surface area contributed by atoms with E-state index in [1.165, 1.54) is 12.4 Å². The highest BCUT2D eigenvalue weighted by Gasteiger charge is 2.45. The summed E-state index contributed by atoms with van der Waals surface area (Å²) in [6.07, 6.45) is 7.01. The Bertz CT molecular complexity index is 2350. The molecule has 1 aliphatic carbocycles. The van der Waals surface area contributed by atoms with Crippen molar-refractivity contribution in [3.05, 3.63) is 95.6 Å². The van der Waals surface area contributed by atoms with Gasteiger partial charge in [0.1, 0.15) is 41.2 Å². The van der Waals surface area contributed by atoms with Gasteiger partial charge < -0.3 is 15.4 Å². The molecule has 56 heavy (non-hydrogen) atoms. The molecule has 3 N–H and O–H groups in total. The van der Waals surface area contributed by atoms with E-state index in [4.69, 9.17) is 15.6 Å². The summed E-state index contributed by atoms with van der Waals surface area (Å²) in [6.45, 7) is 2.56. The Labute approximate surface area is 322 Å². The number of likely N-dealkylation sites (tertiary alicyclic amines) is 1. The summed E-state index contributed by atoms with van der Waals surface area (Å²) in [5.41, 5.74) is 9.32. The summed E-state index contributed by atoms with van der Waals surface area (Å²) in [6, 6.07) is 19.2. The lowest BCUT2D eigenvalue weighted by Crippen LogP contribution is -2.54. The van der Waals surface area contributed by atoms with Gasteiger partial charge in [-0.25, -0.2) is 19.0 Å². The van der Waals surface area contributed by atoms with Gasteiger partial charge in [-0.3, -0.25) is 29.4 Å². The van der Waals surface area contributed by atoms with E-state index in [2.05, 4.69) is 20.2 Å². The van der Waals surface area contributed by atoms with Gasteiger partial charge in [0.15, 0.2) is 5.65 Å². The Morgan fingerprint density at radius 1 is 0.821 bits per heavy atom.